The first-order valence-electron chi connectivity index (χ1n) is 3.17. The maximum absolute atomic E-state index is 5.92. The van der Waals surface area contributed by atoms with E-state index in [4.69, 9.17) is 23.2 Å². The third-order valence-corrected chi connectivity index (χ3v) is 2.94. The van der Waals surface area contributed by atoms with Crippen molar-refractivity contribution in [3.05, 3.63) is 34.3 Å². The fourth-order valence-corrected chi connectivity index (χ4v) is 2.24. The minimum absolute atomic E-state index is 0.498. The van der Waals surface area contributed by atoms with Crippen LogP contribution in [0, 0.1) is 0 Å². The van der Waals surface area contributed by atoms with Crippen LogP contribution in [0.15, 0.2) is 18.2 Å². The van der Waals surface area contributed by atoms with E-state index in [1.807, 2.05) is 12.1 Å². The number of hydrogen-bond donors (Lipinski definition) is 0. The van der Waals surface area contributed by atoms with Crippen molar-refractivity contribution in [2.75, 3.05) is 0 Å². The Morgan fingerprint density at radius 2 is 2.09 bits per heavy atom. The van der Waals surface area contributed by atoms with Gasteiger partial charge in [0.05, 0.1) is 0 Å². The Hall–Kier alpha value is 0.530. The Balaban J connectivity index is 3.13. The van der Waals surface area contributed by atoms with Gasteiger partial charge in [-0.2, -0.15) is 0 Å². The third kappa shape index (κ3) is 2.23. The lowest BCUT2D eigenvalue weighted by molar-refractivity contribution is 1.29. The zero-order valence-corrected chi connectivity index (χ0v) is 9.45. The summed E-state index contributed by atoms with van der Waals surface area (Å²) in [6.45, 7) is 0. The third-order valence-electron chi connectivity index (χ3n) is 1.49. The van der Waals surface area contributed by atoms with Gasteiger partial charge in [0.1, 0.15) is 0 Å². The highest BCUT2D eigenvalue weighted by atomic mass is 127. The van der Waals surface area contributed by atoms with Gasteiger partial charge in [-0.25, -0.2) is 0 Å². The molecule has 0 unspecified atom stereocenters. The van der Waals surface area contributed by atoms with Crippen LogP contribution in [-0.2, 0) is 10.3 Å². The molecule has 60 valence electrons. The zero-order chi connectivity index (χ0) is 8.27. The Kier molecular flexibility index (Phi) is 3.96. The van der Waals surface area contributed by atoms with Crippen LogP contribution in [0.25, 0.3) is 0 Å². The summed E-state index contributed by atoms with van der Waals surface area (Å²) in [6, 6.07) is 5.87. The standard InChI is InChI=1S/C8H7Cl2I/c9-4-7-6(5-11)2-1-3-8(7)10/h1-3H,4-5H2. The van der Waals surface area contributed by atoms with Crippen molar-refractivity contribution in [1.29, 1.82) is 0 Å². The SMILES string of the molecule is ClCc1c(Cl)cccc1CI. The summed E-state index contributed by atoms with van der Waals surface area (Å²) in [4.78, 5) is 0. The van der Waals surface area contributed by atoms with Crippen molar-refractivity contribution in [3.8, 4) is 0 Å². The first kappa shape index (κ1) is 9.62. The molecule has 0 fully saturated rings. The second-order valence-corrected chi connectivity index (χ2v) is 3.58. The van der Waals surface area contributed by atoms with E-state index in [0.29, 0.717) is 5.88 Å². The first-order chi connectivity index (χ1) is 5.29. The second-order valence-electron chi connectivity index (χ2n) is 2.14. The Morgan fingerprint density at radius 3 is 2.55 bits per heavy atom. The van der Waals surface area contributed by atoms with Crippen molar-refractivity contribution in [2.24, 2.45) is 0 Å². The van der Waals surface area contributed by atoms with Crippen molar-refractivity contribution in [1.82, 2.24) is 0 Å². The topological polar surface area (TPSA) is 0 Å². The molecule has 0 aromatic heterocycles. The molecule has 0 radical (unpaired) electrons. The van der Waals surface area contributed by atoms with Gasteiger partial charge in [0.2, 0.25) is 0 Å². The highest BCUT2D eigenvalue weighted by molar-refractivity contribution is 14.1. The van der Waals surface area contributed by atoms with Crippen molar-refractivity contribution < 1.29 is 0 Å². The second kappa shape index (κ2) is 4.53. The normalized spacial score (nSPS) is 10.1. The number of rotatable bonds is 2. The van der Waals surface area contributed by atoms with Crippen molar-refractivity contribution >= 4 is 45.8 Å². The molecule has 0 saturated heterocycles. The largest absolute Gasteiger partial charge is 0.121 e. The fourth-order valence-electron chi connectivity index (χ4n) is 0.878. The van der Waals surface area contributed by atoms with Crippen molar-refractivity contribution in [3.63, 3.8) is 0 Å². The smallest absolute Gasteiger partial charge is 0.0491 e. The van der Waals surface area contributed by atoms with E-state index in [1.54, 1.807) is 0 Å². The van der Waals surface area contributed by atoms with Crippen LogP contribution in [0.2, 0.25) is 5.02 Å². The van der Waals surface area contributed by atoms with Gasteiger partial charge in [-0.05, 0) is 17.2 Å². The highest BCUT2D eigenvalue weighted by Crippen LogP contribution is 2.23. The summed E-state index contributed by atoms with van der Waals surface area (Å²) in [5.74, 6) is 0.498. The summed E-state index contributed by atoms with van der Waals surface area (Å²) in [6.07, 6.45) is 0. The predicted octanol–water partition coefficient (Wildman–Crippen LogP) is 4.01. The molecule has 0 N–H and O–H groups in total. The number of hydrogen-bond acceptors (Lipinski definition) is 0. The summed E-state index contributed by atoms with van der Waals surface area (Å²) in [5, 5.41) is 0.772. The molecule has 0 bridgehead atoms. The maximum atomic E-state index is 5.92. The van der Waals surface area contributed by atoms with Gasteiger partial charge >= 0.3 is 0 Å². The van der Waals surface area contributed by atoms with E-state index in [2.05, 4.69) is 28.7 Å². The lowest BCUT2D eigenvalue weighted by Gasteiger charge is -2.04. The molecule has 0 heterocycles. The minimum Gasteiger partial charge on any atom is -0.121 e. The van der Waals surface area contributed by atoms with Crippen LogP contribution < -0.4 is 0 Å². The average molecular weight is 301 g/mol. The Morgan fingerprint density at radius 1 is 1.36 bits per heavy atom. The fraction of sp³-hybridized carbons (Fsp3) is 0.250. The van der Waals surface area contributed by atoms with E-state index in [1.165, 1.54) is 5.56 Å². The maximum Gasteiger partial charge on any atom is 0.0491 e. The molecule has 0 spiro atoms. The molecular weight excluding hydrogens is 294 g/mol. The summed E-state index contributed by atoms with van der Waals surface area (Å²) in [5.41, 5.74) is 2.29. The van der Waals surface area contributed by atoms with Crippen LogP contribution >= 0.6 is 45.8 Å². The minimum atomic E-state index is 0.498. The van der Waals surface area contributed by atoms with E-state index < -0.39 is 0 Å². The molecule has 1 rings (SSSR count). The Bertz CT molecular complexity index is 248. The molecule has 0 nitrogen and oxygen atoms in total. The van der Waals surface area contributed by atoms with Gasteiger partial charge in [0.25, 0.3) is 0 Å². The molecule has 0 aliphatic rings. The molecule has 0 aliphatic carbocycles. The summed E-state index contributed by atoms with van der Waals surface area (Å²) >= 11 is 14.0. The molecule has 1 aromatic carbocycles. The molecule has 1 aromatic rings. The van der Waals surface area contributed by atoms with E-state index in [0.717, 1.165) is 15.0 Å². The lowest BCUT2D eigenvalue weighted by atomic mass is 10.1. The highest BCUT2D eigenvalue weighted by Gasteiger charge is 2.03. The predicted molar refractivity (Wildman–Crippen MR) is 58.7 cm³/mol. The van der Waals surface area contributed by atoms with Gasteiger partial charge in [-0.1, -0.05) is 46.3 Å². The molecule has 0 atom stereocenters. The van der Waals surface area contributed by atoms with Crippen LogP contribution in [0.5, 0.6) is 0 Å². The first-order valence-corrected chi connectivity index (χ1v) is 5.61. The van der Waals surface area contributed by atoms with Crippen LogP contribution in [-0.4, -0.2) is 0 Å². The average Bonchev–Trinajstić information content (AvgIpc) is 2.04. The van der Waals surface area contributed by atoms with Crippen LogP contribution in [0.3, 0.4) is 0 Å². The number of alkyl halides is 2. The van der Waals surface area contributed by atoms with E-state index >= 15 is 0 Å². The monoisotopic (exact) mass is 300 g/mol. The van der Waals surface area contributed by atoms with Gasteiger partial charge in [-0.3, -0.25) is 0 Å². The van der Waals surface area contributed by atoms with Crippen LogP contribution in [0.4, 0.5) is 0 Å². The molecule has 0 amide bonds. The molecule has 3 heteroatoms. The van der Waals surface area contributed by atoms with Gasteiger partial charge in [0, 0.05) is 15.3 Å². The Labute approximate surface area is 90.0 Å². The zero-order valence-electron chi connectivity index (χ0n) is 5.78. The van der Waals surface area contributed by atoms with E-state index in [-0.39, 0.29) is 0 Å². The molecule has 11 heavy (non-hydrogen) atoms. The molecule has 0 saturated carbocycles. The van der Waals surface area contributed by atoms with Gasteiger partial charge in [0.15, 0.2) is 0 Å². The van der Waals surface area contributed by atoms with Crippen LogP contribution in [0.1, 0.15) is 11.1 Å². The molecule has 0 aliphatic heterocycles. The molecular formula is C8H7Cl2I. The lowest BCUT2D eigenvalue weighted by Crippen LogP contribution is -1.88. The summed E-state index contributed by atoms with van der Waals surface area (Å²) < 4.78 is 0.959. The van der Waals surface area contributed by atoms with Gasteiger partial charge < -0.3 is 0 Å². The quantitative estimate of drug-likeness (QED) is 0.572. The number of benzene rings is 1. The van der Waals surface area contributed by atoms with Gasteiger partial charge in [-0.15, -0.1) is 11.6 Å². The summed E-state index contributed by atoms with van der Waals surface area (Å²) in [7, 11) is 0. The van der Waals surface area contributed by atoms with E-state index in [9.17, 15) is 0 Å². The van der Waals surface area contributed by atoms with Crippen molar-refractivity contribution in [2.45, 2.75) is 10.3 Å². The number of halogens is 3.